The second-order valence-corrected chi connectivity index (χ2v) is 7.51. The Morgan fingerprint density at radius 2 is 2.16 bits per heavy atom. The first-order valence-electron chi connectivity index (χ1n) is 8.96. The molecule has 0 aliphatic carbocycles. The number of nitriles is 1. The van der Waals surface area contributed by atoms with E-state index < -0.39 is 0 Å². The summed E-state index contributed by atoms with van der Waals surface area (Å²) in [5.74, 6) is 0.0145. The molecule has 1 fully saturated rings. The number of aryl methyl sites for hydroxylation is 2. The van der Waals surface area contributed by atoms with Crippen molar-refractivity contribution < 1.29 is 9.90 Å². The molecule has 0 radical (unpaired) electrons. The van der Waals surface area contributed by atoms with Crippen LogP contribution in [-0.2, 0) is 4.79 Å². The van der Waals surface area contributed by atoms with Gasteiger partial charge in [-0.3, -0.25) is 9.69 Å². The van der Waals surface area contributed by atoms with Crippen molar-refractivity contribution in [2.45, 2.75) is 40.0 Å². The molecule has 0 aromatic heterocycles. The van der Waals surface area contributed by atoms with Gasteiger partial charge in [-0.2, -0.15) is 5.26 Å². The summed E-state index contributed by atoms with van der Waals surface area (Å²) in [6.07, 6.45) is 2.29. The molecule has 2 rings (SSSR count). The van der Waals surface area contributed by atoms with Crippen molar-refractivity contribution in [3.8, 4) is 6.07 Å². The van der Waals surface area contributed by atoms with E-state index in [-0.39, 0.29) is 17.9 Å². The molecule has 1 atom stereocenters. The number of benzene rings is 1. The van der Waals surface area contributed by atoms with Crippen LogP contribution in [-0.4, -0.2) is 48.7 Å². The van der Waals surface area contributed by atoms with Crippen LogP contribution >= 0.6 is 0 Å². The quantitative estimate of drug-likeness (QED) is 0.862. The summed E-state index contributed by atoms with van der Waals surface area (Å²) >= 11 is 0. The second kappa shape index (κ2) is 8.46. The van der Waals surface area contributed by atoms with Crippen LogP contribution in [0.3, 0.4) is 0 Å². The lowest BCUT2D eigenvalue weighted by molar-refractivity contribution is -0.120. The highest BCUT2D eigenvalue weighted by atomic mass is 16.3. The van der Waals surface area contributed by atoms with E-state index in [1.807, 2.05) is 32.0 Å². The molecule has 136 valence electrons. The molecule has 0 saturated carbocycles. The van der Waals surface area contributed by atoms with Crippen molar-refractivity contribution in [2.24, 2.45) is 5.41 Å². The maximum Gasteiger partial charge on any atom is 0.241 e. The number of carbonyl (C=O) groups excluding carboxylic acids is 1. The molecule has 1 unspecified atom stereocenters. The third-order valence-electron chi connectivity index (χ3n) is 5.15. The first kappa shape index (κ1) is 19.4. The molecule has 0 bridgehead atoms. The Labute approximate surface area is 150 Å². The molecule has 1 heterocycles. The molecule has 1 aromatic rings. The SMILES string of the molecule is Cc1ccc(N(CCC#N)C(=O)CN2CCCC(C)(CO)C2)cc1C. The minimum absolute atomic E-state index is 0.0145. The summed E-state index contributed by atoms with van der Waals surface area (Å²) in [6.45, 7) is 8.63. The molecule has 1 amide bonds. The molecule has 5 heteroatoms. The van der Waals surface area contributed by atoms with E-state index in [2.05, 4.69) is 17.9 Å². The smallest absolute Gasteiger partial charge is 0.241 e. The molecule has 0 spiro atoms. The molecule has 1 aromatic carbocycles. The van der Waals surface area contributed by atoms with Crippen LogP contribution in [0.2, 0.25) is 0 Å². The molecule has 1 aliphatic heterocycles. The topological polar surface area (TPSA) is 67.6 Å². The molecular formula is C20H29N3O2. The summed E-state index contributed by atoms with van der Waals surface area (Å²) < 4.78 is 0. The Balaban J connectivity index is 2.13. The Hall–Kier alpha value is -1.90. The molecule has 1 N–H and O–H groups in total. The van der Waals surface area contributed by atoms with Crippen LogP contribution < -0.4 is 4.90 Å². The number of aliphatic hydroxyl groups is 1. The molecule has 1 aliphatic rings. The van der Waals surface area contributed by atoms with Gasteiger partial charge in [-0.05, 0) is 56.5 Å². The number of piperidine rings is 1. The standard InChI is InChI=1S/C20H29N3O2/c1-16-6-7-18(12-17(16)2)23(11-5-9-21)19(25)13-22-10-4-8-20(3,14-22)15-24/h6-7,12,24H,4-5,8,10-11,13-15H2,1-3H3. The fraction of sp³-hybridized carbons (Fsp3) is 0.600. The van der Waals surface area contributed by atoms with E-state index in [4.69, 9.17) is 5.26 Å². The number of hydrogen-bond acceptors (Lipinski definition) is 4. The van der Waals surface area contributed by atoms with Crippen molar-refractivity contribution in [3.05, 3.63) is 29.3 Å². The Bertz CT molecular complexity index is 653. The maximum absolute atomic E-state index is 12.9. The van der Waals surface area contributed by atoms with Gasteiger partial charge in [0, 0.05) is 30.8 Å². The van der Waals surface area contributed by atoms with Crippen LogP contribution in [0.25, 0.3) is 0 Å². The van der Waals surface area contributed by atoms with Crippen LogP contribution in [0.15, 0.2) is 18.2 Å². The normalized spacial score (nSPS) is 20.9. The lowest BCUT2D eigenvalue weighted by Gasteiger charge is -2.39. The van der Waals surface area contributed by atoms with Crippen LogP contribution in [0.5, 0.6) is 0 Å². The number of likely N-dealkylation sites (tertiary alicyclic amines) is 1. The molecule has 25 heavy (non-hydrogen) atoms. The zero-order chi connectivity index (χ0) is 18.4. The fourth-order valence-electron chi connectivity index (χ4n) is 3.42. The van der Waals surface area contributed by atoms with Gasteiger partial charge < -0.3 is 10.0 Å². The highest BCUT2D eigenvalue weighted by Crippen LogP contribution is 2.29. The maximum atomic E-state index is 12.9. The molecule has 5 nitrogen and oxygen atoms in total. The first-order chi connectivity index (χ1) is 11.9. The van der Waals surface area contributed by atoms with Gasteiger partial charge in [0.1, 0.15) is 0 Å². The van der Waals surface area contributed by atoms with Crippen LogP contribution in [0.4, 0.5) is 5.69 Å². The zero-order valence-corrected chi connectivity index (χ0v) is 15.6. The van der Waals surface area contributed by atoms with Crippen LogP contribution in [0, 0.1) is 30.6 Å². The van der Waals surface area contributed by atoms with E-state index in [9.17, 15) is 9.90 Å². The monoisotopic (exact) mass is 343 g/mol. The van der Waals surface area contributed by atoms with Crippen molar-refractivity contribution in [1.29, 1.82) is 5.26 Å². The van der Waals surface area contributed by atoms with Crippen molar-refractivity contribution in [1.82, 2.24) is 4.90 Å². The Morgan fingerprint density at radius 3 is 2.80 bits per heavy atom. The average Bonchev–Trinajstić information content (AvgIpc) is 2.58. The van der Waals surface area contributed by atoms with Gasteiger partial charge in [0.05, 0.1) is 19.0 Å². The van der Waals surface area contributed by atoms with Gasteiger partial charge in [0.25, 0.3) is 0 Å². The van der Waals surface area contributed by atoms with Gasteiger partial charge >= 0.3 is 0 Å². The number of rotatable bonds is 6. The molecular weight excluding hydrogens is 314 g/mol. The van der Waals surface area contributed by atoms with Crippen LogP contribution in [0.1, 0.15) is 37.3 Å². The Morgan fingerprint density at radius 1 is 1.40 bits per heavy atom. The van der Waals surface area contributed by atoms with Crippen molar-refractivity contribution in [3.63, 3.8) is 0 Å². The van der Waals surface area contributed by atoms with Gasteiger partial charge in [-0.1, -0.05) is 13.0 Å². The first-order valence-corrected chi connectivity index (χ1v) is 8.96. The summed E-state index contributed by atoms with van der Waals surface area (Å²) in [7, 11) is 0. The van der Waals surface area contributed by atoms with E-state index in [0.717, 1.165) is 37.2 Å². The number of carbonyl (C=O) groups is 1. The van der Waals surface area contributed by atoms with Gasteiger partial charge in [0.15, 0.2) is 0 Å². The second-order valence-electron chi connectivity index (χ2n) is 7.51. The lowest BCUT2D eigenvalue weighted by atomic mass is 9.83. The third-order valence-corrected chi connectivity index (χ3v) is 5.15. The number of amides is 1. The van der Waals surface area contributed by atoms with E-state index >= 15 is 0 Å². The number of nitrogens with zero attached hydrogens (tertiary/aromatic N) is 3. The van der Waals surface area contributed by atoms with E-state index in [0.29, 0.717) is 19.5 Å². The minimum Gasteiger partial charge on any atom is -0.396 e. The fourth-order valence-corrected chi connectivity index (χ4v) is 3.42. The number of aliphatic hydroxyl groups excluding tert-OH is 1. The molecule has 1 saturated heterocycles. The largest absolute Gasteiger partial charge is 0.396 e. The number of hydrogen-bond donors (Lipinski definition) is 1. The van der Waals surface area contributed by atoms with E-state index in [1.54, 1.807) is 4.90 Å². The van der Waals surface area contributed by atoms with Crippen molar-refractivity contribution in [2.75, 3.05) is 37.7 Å². The highest BCUT2D eigenvalue weighted by Gasteiger charge is 2.31. The third kappa shape index (κ3) is 5.04. The van der Waals surface area contributed by atoms with Gasteiger partial charge in [-0.25, -0.2) is 0 Å². The van der Waals surface area contributed by atoms with E-state index in [1.165, 1.54) is 5.56 Å². The highest BCUT2D eigenvalue weighted by molar-refractivity contribution is 5.95. The average molecular weight is 343 g/mol. The zero-order valence-electron chi connectivity index (χ0n) is 15.6. The summed E-state index contributed by atoms with van der Waals surface area (Å²) in [6, 6.07) is 8.11. The summed E-state index contributed by atoms with van der Waals surface area (Å²) in [5.41, 5.74) is 3.05. The number of anilines is 1. The lowest BCUT2D eigenvalue weighted by Crippen LogP contribution is -2.48. The van der Waals surface area contributed by atoms with Crippen molar-refractivity contribution >= 4 is 11.6 Å². The predicted octanol–water partition coefficient (Wildman–Crippen LogP) is 2.64. The predicted molar refractivity (Wildman–Crippen MR) is 99.4 cm³/mol. The minimum atomic E-state index is -0.129. The van der Waals surface area contributed by atoms with Gasteiger partial charge in [0.2, 0.25) is 5.91 Å². The summed E-state index contributed by atoms with van der Waals surface area (Å²) in [5, 5.41) is 18.5. The Kier molecular flexibility index (Phi) is 6.57. The summed E-state index contributed by atoms with van der Waals surface area (Å²) in [4.78, 5) is 16.8. The van der Waals surface area contributed by atoms with Gasteiger partial charge in [-0.15, -0.1) is 0 Å².